The lowest BCUT2D eigenvalue weighted by molar-refractivity contribution is -0.129. The number of hydrogen-bond acceptors (Lipinski definition) is 3. The van der Waals surface area contributed by atoms with Gasteiger partial charge in [-0.05, 0) is 63.4 Å². The topological polar surface area (TPSA) is 64.7 Å². The highest BCUT2D eigenvalue weighted by atomic mass is 16.2. The van der Waals surface area contributed by atoms with Crippen LogP contribution in [-0.4, -0.2) is 25.2 Å². The van der Waals surface area contributed by atoms with Crippen molar-refractivity contribution in [3.05, 3.63) is 60.4 Å². The van der Waals surface area contributed by atoms with Gasteiger partial charge >= 0.3 is 0 Å². The Balaban J connectivity index is 1.53. The van der Waals surface area contributed by atoms with Crippen molar-refractivity contribution >= 4 is 11.6 Å². The Kier molecular flexibility index (Phi) is 3.67. The predicted molar refractivity (Wildman–Crippen MR) is 95.7 cm³/mol. The zero-order chi connectivity index (χ0) is 17.4. The summed E-state index contributed by atoms with van der Waals surface area (Å²) in [5, 5.41) is 7.33. The van der Waals surface area contributed by atoms with E-state index < -0.39 is 5.54 Å². The minimum absolute atomic E-state index is 0.00450. The number of aryl methyl sites for hydroxylation is 1. The quantitative estimate of drug-likeness (QED) is 0.796. The first-order valence-electron chi connectivity index (χ1n) is 8.53. The SMILES string of the molecule is Cc1ncn(-c2ccc(NC(=O)C3(n4cccn4)CCC3)cc2)c1C. The van der Waals surface area contributed by atoms with Gasteiger partial charge in [0.1, 0.15) is 5.54 Å². The number of carbonyl (C=O) groups is 1. The van der Waals surface area contributed by atoms with Crippen molar-refractivity contribution in [2.24, 2.45) is 0 Å². The molecule has 6 nitrogen and oxygen atoms in total. The molecule has 0 aliphatic heterocycles. The van der Waals surface area contributed by atoms with Gasteiger partial charge in [-0.15, -0.1) is 0 Å². The molecule has 0 spiro atoms. The fourth-order valence-electron chi connectivity index (χ4n) is 3.31. The van der Waals surface area contributed by atoms with Crippen LogP contribution in [-0.2, 0) is 10.3 Å². The van der Waals surface area contributed by atoms with Crippen molar-refractivity contribution < 1.29 is 4.79 Å². The number of hydrogen-bond donors (Lipinski definition) is 1. The summed E-state index contributed by atoms with van der Waals surface area (Å²) < 4.78 is 3.83. The molecule has 1 N–H and O–H groups in total. The molecule has 0 unspecified atom stereocenters. The van der Waals surface area contributed by atoms with Crippen LogP contribution in [0.2, 0.25) is 0 Å². The minimum atomic E-state index is -0.541. The Labute approximate surface area is 146 Å². The Morgan fingerprint density at radius 1 is 1.20 bits per heavy atom. The van der Waals surface area contributed by atoms with Gasteiger partial charge in [0.25, 0.3) is 5.91 Å². The highest BCUT2D eigenvalue weighted by molar-refractivity contribution is 5.97. The van der Waals surface area contributed by atoms with Crippen molar-refractivity contribution in [3.63, 3.8) is 0 Å². The predicted octanol–water partition coefficient (Wildman–Crippen LogP) is 3.20. The molecule has 2 heterocycles. The largest absolute Gasteiger partial charge is 0.324 e. The normalized spacial score (nSPS) is 15.6. The van der Waals surface area contributed by atoms with Crippen LogP contribution >= 0.6 is 0 Å². The highest BCUT2D eigenvalue weighted by Crippen LogP contribution is 2.39. The number of rotatable bonds is 4. The maximum Gasteiger partial charge on any atom is 0.252 e. The molecular formula is C19H21N5O. The molecule has 1 aliphatic carbocycles. The molecule has 128 valence electrons. The Morgan fingerprint density at radius 2 is 1.96 bits per heavy atom. The van der Waals surface area contributed by atoms with Gasteiger partial charge in [-0.2, -0.15) is 5.10 Å². The number of imidazole rings is 1. The summed E-state index contributed by atoms with van der Waals surface area (Å²) in [5.41, 5.74) is 3.41. The van der Waals surface area contributed by atoms with Crippen LogP contribution < -0.4 is 5.32 Å². The molecule has 0 radical (unpaired) electrons. The van der Waals surface area contributed by atoms with Crippen LogP contribution in [0.4, 0.5) is 5.69 Å². The molecule has 1 aliphatic rings. The second kappa shape index (κ2) is 5.88. The molecule has 1 fully saturated rings. The van der Waals surface area contributed by atoms with Crippen molar-refractivity contribution in [3.8, 4) is 5.69 Å². The van der Waals surface area contributed by atoms with E-state index in [1.807, 2.05) is 61.3 Å². The highest BCUT2D eigenvalue weighted by Gasteiger charge is 2.46. The summed E-state index contributed by atoms with van der Waals surface area (Å²) in [6, 6.07) is 9.70. The summed E-state index contributed by atoms with van der Waals surface area (Å²) in [7, 11) is 0. The molecule has 0 bridgehead atoms. The first-order chi connectivity index (χ1) is 12.1. The molecule has 1 aromatic carbocycles. The summed E-state index contributed by atoms with van der Waals surface area (Å²) in [6.45, 7) is 4.04. The van der Waals surface area contributed by atoms with Gasteiger partial charge in [0.15, 0.2) is 0 Å². The van der Waals surface area contributed by atoms with Crippen molar-refractivity contribution in [1.29, 1.82) is 0 Å². The van der Waals surface area contributed by atoms with E-state index in [-0.39, 0.29) is 5.91 Å². The number of amides is 1. The Morgan fingerprint density at radius 3 is 2.48 bits per heavy atom. The zero-order valence-electron chi connectivity index (χ0n) is 14.4. The van der Waals surface area contributed by atoms with Crippen LogP contribution in [0, 0.1) is 13.8 Å². The average molecular weight is 335 g/mol. The van der Waals surface area contributed by atoms with Crippen molar-refractivity contribution in [1.82, 2.24) is 19.3 Å². The first-order valence-corrected chi connectivity index (χ1v) is 8.53. The van der Waals surface area contributed by atoms with Gasteiger partial charge in [-0.25, -0.2) is 4.98 Å². The van der Waals surface area contributed by atoms with Gasteiger partial charge in [-0.3, -0.25) is 9.48 Å². The molecule has 3 aromatic rings. The molecule has 0 saturated heterocycles. The summed E-state index contributed by atoms with van der Waals surface area (Å²) in [4.78, 5) is 17.2. The molecular weight excluding hydrogens is 314 g/mol. The van der Waals surface area contributed by atoms with Crippen LogP contribution in [0.1, 0.15) is 30.7 Å². The average Bonchev–Trinajstić information content (AvgIpc) is 3.19. The molecule has 0 atom stereocenters. The number of anilines is 1. The lowest BCUT2D eigenvalue weighted by Crippen LogP contribution is -2.51. The zero-order valence-corrected chi connectivity index (χ0v) is 14.4. The Hall–Kier alpha value is -2.89. The maximum atomic E-state index is 12.8. The van der Waals surface area contributed by atoms with E-state index in [0.717, 1.165) is 42.0 Å². The van der Waals surface area contributed by atoms with Crippen LogP contribution in [0.15, 0.2) is 49.1 Å². The van der Waals surface area contributed by atoms with E-state index in [2.05, 4.69) is 15.4 Å². The molecule has 1 saturated carbocycles. The molecule has 25 heavy (non-hydrogen) atoms. The van der Waals surface area contributed by atoms with E-state index in [1.54, 1.807) is 10.9 Å². The van der Waals surface area contributed by atoms with E-state index in [9.17, 15) is 4.79 Å². The third kappa shape index (κ3) is 2.54. The van der Waals surface area contributed by atoms with E-state index in [0.29, 0.717) is 0 Å². The number of aromatic nitrogens is 4. The second-order valence-corrected chi connectivity index (χ2v) is 6.62. The number of nitrogens with zero attached hydrogens (tertiary/aromatic N) is 4. The van der Waals surface area contributed by atoms with E-state index in [4.69, 9.17) is 0 Å². The third-order valence-electron chi connectivity index (χ3n) is 5.20. The standard InChI is InChI=1S/C19H21N5O/c1-14-15(2)23(13-20-14)17-7-5-16(6-8-17)22-18(25)19(9-3-10-19)24-12-4-11-21-24/h4-8,11-13H,3,9-10H2,1-2H3,(H,22,25). The number of benzene rings is 1. The van der Waals surface area contributed by atoms with E-state index >= 15 is 0 Å². The third-order valence-corrected chi connectivity index (χ3v) is 5.20. The van der Waals surface area contributed by atoms with Gasteiger partial charge in [0.05, 0.1) is 12.0 Å². The summed E-state index contributed by atoms with van der Waals surface area (Å²) >= 11 is 0. The Bertz CT molecular complexity index is 889. The van der Waals surface area contributed by atoms with Gasteiger partial charge in [-0.1, -0.05) is 0 Å². The lowest BCUT2D eigenvalue weighted by Gasteiger charge is -2.40. The van der Waals surface area contributed by atoms with E-state index in [1.165, 1.54) is 0 Å². The molecule has 6 heteroatoms. The van der Waals surface area contributed by atoms with Crippen molar-refractivity contribution in [2.75, 3.05) is 5.32 Å². The fourth-order valence-corrected chi connectivity index (χ4v) is 3.31. The maximum absolute atomic E-state index is 12.8. The van der Waals surface area contributed by atoms with Gasteiger partial charge in [0, 0.05) is 29.5 Å². The summed E-state index contributed by atoms with van der Waals surface area (Å²) in [5.74, 6) is 0.00450. The smallest absolute Gasteiger partial charge is 0.252 e. The first kappa shape index (κ1) is 15.6. The molecule has 2 aromatic heterocycles. The van der Waals surface area contributed by atoms with Crippen molar-refractivity contribution in [2.45, 2.75) is 38.6 Å². The number of carbonyl (C=O) groups excluding carboxylic acids is 1. The molecule has 1 amide bonds. The second-order valence-electron chi connectivity index (χ2n) is 6.62. The van der Waals surface area contributed by atoms with Crippen LogP contribution in [0.5, 0.6) is 0 Å². The lowest BCUT2D eigenvalue weighted by atomic mass is 9.76. The minimum Gasteiger partial charge on any atom is -0.324 e. The van der Waals surface area contributed by atoms with Crippen LogP contribution in [0.3, 0.4) is 0 Å². The number of nitrogens with one attached hydrogen (secondary N) is 1. The monoisotopic (exact) mass is 335 g/mol. The van der Waals surface area contributed by atoms with Gasteiger partial charge in [0.2, 0.25) is 0 Å². The molecule has 4 rings (SSSR count). The fraction of sp³-hybridized carbons (Fsp3) is 0.316. The van der Waals surface area contributed by atoms with Gasteiger partial charge < -0.3 is 9.88 Å². The summed E-state index contributed by atoms with van der Waals surface area (Å²) in [6.07, 6.45) is 8.10. The van der Waals surface area contributed by atoms with Crippen LogP contribution in [0.25, 0.3) is 5.69 Å².